The van der Waals surface area contributed by atoms with Crippen molar-refractivity contribution in [3.8, 4) is 0 Å². The molecule has 1 aromatic carbocycles. The van der Waals surface area contributed by atoms with Crippen molar-refractivity contribution in [1.82, 2.24) is 4.98 Å². The maximum absolute atomic E-state index is 11.0. The Morgan fingerprint density at radius 2 is 1.90 bits per heavy atom. The summed E-state index contributed by atoms with van der Waals surface area (Å²) in [5.41, 5.74) is 4.67. The molecule has 2 unspecified atom stereocenters. The van der Waals surface area contributed by atoms with Crippen molar-refractivity contribution < 1.29 is 5.11 Å². The van der Waals surface area contributed by atoms with Crippen molar-refractivity contribution in [2.75, 3.05) is 0 Å². The van der Waals surface area contributed by atoms with E-state index in [4.69, 9.17) is 0 Å². The first-order valence-electron chi connectivity index (χ1n) is 7.70. The van der Waals surface area contributed by atoms with Gasteiger partial charge >= 0.3 is 0 Å². The number of hydrogen-bond donors (Lipinski definition) is 1. The highest BCUT2D eigenvalue weighted by Gasteiger charge is 2.33. The first-order chi connectivity index (χ1) is 9.98. The molecule has 0 amide bonds. The molecule has 0 saturated heterocycles. The molecule has 0 bridgehead atoms. The molecule has 2 aromatic rings. The number of hydrogen-bond acceptors (Lipinski definition) is 2. The van der Waals surface area contributed by atoms with Crippen LogP contribution in [0.15, 0.2) is 42.6 Å². The van der Waals surface area contributed by atoms with Gasteiger partial charge in [0, 0.05) is 17.8 Å². The van der Waals surface area contributed by atoms with Crippen LogP contribution < -0.4 is 0 Å². The summed E-state index contributed by atoms with van der Waals surface area (Å²) in [4.78, 5) is 4.52. The highest BCUT2D eigenvalue weighted by molar-refractivity contribution is 5.38. The third-order valence-corrected chi connectivity index (χ3v) is 4.47. The van der Waals surface area contributed by atoms with Crippen LogP contribution >= 0.6 is 0 Å². The van der Waals surface area contributed by atoms with Gasteiger partial charge in [0.15, 0.2) is 0 Å². The van der Waals surface area contributed by atoms with Gasteiger partial charge in [0.1, 0.15) is 0 Å². The predicted octanol–water partition coefficient (Wildman–Crippen LogP) is 4.14. The molecule has 0 fully saturated rings. The van der Waals surface area contributed by atoms with E-state index in [0.29, 0.717) is 0 Å². The fourth-order valence-electron chi connectivity index (χ4n) is 3.41. The van der Waals surface area contributed by atoms with Gasteiger partial charge in [-0.05, 0) is 41.0 Å². The molecule has 3 rings (SSSR count). The Balaban J connectivity index is 2.00. The largest absolute Gasteiger partial charge is 0.388 e. The Morgan fingerprint density at radius 1 is 1.14 bits per heavy atom. The van der Waals surface area contributed by atoms with Crippen molar-refractivity contribution in [3.63, 3.8) is 0 Å². The number of benzene rings is 1. The van der Waals surface area contributed by atoms with Gasteiger partial charge in [0.2, 0.25) is 0 Å². The highest BCUT2D eigenvalue weighted by atomic mass is 16.3. The van der Waals surface area contributed by atoms with E-state index in [-0.39, 0.29) is 11.3 Å². The van der Waals surface area contributed by atoms with E-state index in [0.717, 1.165) is 24.1 Å². The lowest BCUT2D eigenvalue weighted by molar-refractivity contribution is 0.141. The zero-order chi connectivity index (χ0) is 15.0. The molecule has 0 spiro atoms. The summed E-state index contributed by atoms with van der Waals surface area (Å²) in [6.07, 6.45) is 3.35. The molecule has 0 saturated carbocycles. The lowest BCUT2D eigenvalue weighted by Crippen LogP contribution is -2.18. The molecule has 1 aromatic heterocycles. The number of pyridine rings is 1. The van der Waals surface area contributed by atoms with Crippen molar-refractivity contribution in [1.29, 1.82) is 0 Å². The molecule has 0 radical (unpaired) electrons. The van der Waals surface area contributed by atoms with Gasteiger partial charge in [0.05, 0.1) is 6.10 Å². The summed E-state index contributed by atoms with van der Waals surface area (Å²) in [5.74, 6) is 0.115. The van der Waals surface area contributed by atoms with Crippen LogP contribution in [0, 0.1) is 0 Å². The minimum Gasteiger partial charge on any atom is -0.388 e. The minimum atomic E-state index is -0.475. The molecule has 0 aliphatic heterocycles. The Bertz CT molecular complexity index is 642. The van der Waals surface area contributed by atoms with Gasteiger partial charge in [-0.3, -0.25) is 4.98 Å². The van der Waals surface area contributed by atoms with Gasteiger partial charge in [-0.25, -0.2) is 0 Å². The van der Waals surface area contributed by atoms with E-state index in [1.165, 1.54) is 11.1 Å². The first kappa shape index (κ1) is 14.3. The Kier molecular flexibility index (Phi) is 3.58. The topological polar surface area (TPSA) is 33.1 Å². The summed E-state index contributed by atoms with van der Waals surface area (Å²) < 4.78 is 0. The van der Waals surface area contributed by atoms with Crippen molar-refractivity contribution in [2.45, 2.75) is 51.0 Å². The molecule has 2 heteroatoms. The van der Waals surface area contributed by atoms with E-state index in [1.54, 1.807) is 0 Å². The lowest BCUT2D eigenvalue weighted by atomic mass is 9.80. The summed E-state index contributed by atoms with van der Waals surface area (Å²) >= 11 is 0. The van der Waals surface area contributed by atoms with E-state index < -0.39 is 6.10 Å². The summed E-state index contributed by atoms with van der Waals surface area (Å²) in [5, 5.41) is 11.0. The number of rotatable bonds is 2. The van der Waals surface area contributed by atoms with E-state index in [1.807, 2.05) is 18.3 Å². The number of aliphatic hydroxyl groups is 1. The van der Waals surface area contributed by atoms with Gasteiger partial charge < -0.3 is 5.11 Å². The molecule has 21 heavy (non-hydrogen) atoms. The zero-order valence-corrected chi connectivity index (χ0v) is 13.0. The van der Waals surface area contributed by atoms with Crippen molar-refractivity contribution >= 4 is 0 Å². The highest BCUT2D eigenvalue weighted by Crippen LogP contribution is 2.42. The van der Waals surface area contributed by atoms with E-state index in [9.17, 15) is 5.11 Å². The van der Waals surface area contributed by atoms with Crippen LogP contribution in [0.2, 0.25) is 0 Å². The quantitative estimate of drug-likeness (QED) is 0.897. The number of fused-ring (bicyclic) bond motifs is 1. The third kappa shape index (κ3) is 2.60. The van der Waals surface area contributed by atoms with Gasteiger partial charge in [-0.1, -0.05) is 51.1 Å². The van der Waals surface area contributed by atoms with Crippen LogP contribution in [0.1, 0.15) is 61.6 Å². The molecule has 2 atom stereocenters. The van der Waals surface area contributed by atoms with E-state index >= 15 is 0 Å². The number of aliphatic hydroxyl groups excluding tert-OH is 1. The second-order valence-electron chi connectivity index (χ2n) is 6.98. The standard InChI is InChI=1S/C19H23NO/c1-19(2,3)16-9-5-4-8-14(16)18(21)15-11-10-13-7-6-12-20-17(13)15/h4-9,12,15,18,21H,10-11H2,1-3H3. The minimum absolute atomic E-state index is 0.0309. The number of nitrogens with zero attached hydrogens (tertiary/aromatic N) is 1. The predicted molar refractivity (Wildman–Crippen MR) is 85.4 cm³/mol. The van der Waals surface area contributed by atoms with E-state index in [2.05, 4.69) is 50.0 Å². The second-order valence-corrected chi connectivity index (χ2v) is 6.98. The Labute approximate surface area is 126 Å². The SMILES string of the molecule is CC(C)(C)c1ccccc1C(O)C1CCc2cccnc21. The summed E-state index contributed by atoms with van der Waals surface area (Å²) in [6.45, 7) is 6.58. The van der Waals surface area contributed by atoms with Crippen LogP contribution in [0.3, 0.4) is 0 Å². The smallest absolute Gasteiger partial charge is 0.0876 e. The Hall–Kier alpha value is -1.67. The molecule has 1 aliphatic rings. The first-order valence-corrected chi connectivity index (χ1v) is 7.70. The Morgan fingerprint density at radius 3 is 2.67 bits per heavy atom. The summed E-state index contributed by atoms with van der Waals surface area (Å²) in [7, 11) is 0. The zero-order valence-electron chi connectivity index (χ0n) is 13.0. The number of aromatic nitrogens is 1. The molecule has 1 aliphatic carbocycles. The van der Waals surface area contributed by atoms with Crippen LogP contribution in [0.5, 0.6) is 0 Å². The third-order valence-electron chi connectivity index (χ3n) is 4.47. The fourth-order valence-corrected chi connectivity index (χ4v) is 3.41. The van der Waals surface area contributed by atoms with Gasteiger partial charge in [0.25, 0.3) is 0 Å². The van der Waals surface area contributed by atoms with Gasteiger partial charge in [-0.2, -0.15) is 0 Å². The fraction of sp³-hybridized carbons (Fsp3) is 0.421. The normalized spacial score (nSPS) is 19.3. The second kappa shape index (κ2) is 5.27. The number of aryl methyl sites for hydroxylation is 1. The molecule has 1 N–H and O–H groups in total. The molecular formula is C19H23NO. The van der Waals surface area contributed by atoms with Crippen molar-refractivity contribution in [2.24, 2.45) is 0 Å². The molecule has 110 valence electrons. The monoisotopic (exact) mass is 281 g/mol. The maximum Gasteiger partial charge on any atom is 0.0876 e. The van der Waals surface area contributed by atoms with Crippen LogP contribution in [-0.4, -0.2) is 10.1 Å². The molecule has 2 nitrogen and oxygen atoms in total. The lowest BCUT2D eigenvalue weighted by Gasteiger charge is -2.27. The average Bonchev–Trinajstić information content (AvgIpc) is 2.89. The van der Waals surface area contributed by atoms with Crippen LogP contribution in [-0.2, 0) is 11.8 Å². The maximum atomic E-state index is 11.0. The van der Waals surface area contributed by atoms with Gasteiger partial charge in [-0.15, -0.1) is 0 Å². The summed E-state index contributed by atoms with van der Waals surface area (Å²) in [6, 6.07) is 12.4. The van der Waals surface area contributed by atoms with Crippen LogP contribution in [0.25, 0.3) is 0 Å². The molecule has 1 heterocycles. The molecular weight excluding hydrogens is 258 g/mol. The van der Waals surface area contributed by atoms with Crippen LogP contribution in [0.4, 0.5) is 0 Å². The van der Waals surface area contributed by atoms with Crippen molar-refractivity contribution in [3.05, 3.63) is 65.0 Å². The average molecular weight is 281 g/mol.